The van der Waals surface area contributed by atoms with Crippen LogP contribution in [-0.2, 0) is 0 Å². The van der Waals surface area contributed by atoms with Gasteiger partial charge in [-0.2, -0.15) is 0 Å². The van der Waals surface area contributed by atoms with Crippen molar-refractivity contribution in [2.24, 2.45) is 23.7 Å². The molecule has 2 saturated carbocycles. The molecule has 0 nitrogen and oxygen atoms in total. The van der Waals surface area contributed by atoms with E-state index in [1.54, 1.807) is 6.42 Å². The number of allylic oxidation sites excluding steroid dienone is 2. The molecule has 0 bridgehead atoms. The van der Waals surface area contributed by atoms with Gasteiger partial charge in [0.2, 0.25) is 0 Å². The molecule has 0 aromatic carbocycles. The molecule has 0 aromatic rings. The van der Waals surface area contributed by atoms with Crippen molar-refractivity contribution >= 4 is 0 Å². The van der Waals surface area contributed by atoms with Gasteiger partial charge in [-0.05, 0) is 55.8 Å². The highest BCUT2D eigenvalue weighted by molar-refractivity contribution is 4.95. The fraction of sp³-hybridized carbons (Fsp3) is 0.889. The van der Waals surface area contributed by atoms with E-state index < -0.39 is 0 Å². The lowest BCUT2D eigenvalue weighted by atomic mass is 9.76. The fourth-order valence-corrected chi connectivity index (χ4v) is 3.48. The third-order valence-electron chi connectivity index (χ3n) is 4.84. The van der Waals surface area contributed by atoms with Crippen LogP contribution in [0.3, 0.4) is 0 Å². The van der Waals surface area contributed by atoms with Gasteiger partial charge in [0.05, 0.1) is 0 Å². The molecule has 2 rings (SSSR count). The molecule has 0 N–H and O–H groups in total. The van der Waals surface area contributed by atoms with Crippen molar-refractivity contribution in [1.82, 2.24) is 0 Å². The lowest BCUT2D eigenvalue weighted by Gasteiger charge is -2.29. The zero-order valence-corrected chi connectivity index (χ0v) is 12.5. The summed E-state index contributed by atoms with van der Waals surface area (Å²) in [7, 11) is 0. The van der Waals surface area contributed by atoms with Crippen LogP contribution in [0.25, 0.3) is 0 Å². The van der Waals surface area contributed by atoms with Crippen LogP contribution in [0.1, 0.15) is 78.1 Å². The van der Waals surface area contributed by atoms with Gasteiger partial charge in [0.1, 0.15) is 0 Å². The third kappa shape index (κ3) is 5.16. The molecule has 0 aliphatic heterocycles. The van der Waals surface area contributed by atoms with Gasteiger partial charge in [-0.25, -0.2) is 0 Å². The Morgan fingerprint density at radius 3 is 2.56 bits per heavy atom. The van der Waals surface area contributed by atoms with E-state index in [4.69, 9.17) is 0 Å². The van der Waals surface area contributed by atoms with Crippen LogP contribution in [0.4, 0.5) is 0 Å². The Morgan fingerprint density at radius 2 is 1.83 bits per heavy atom. The molecule has 0 heteroatoms. The van der Waals surface area contributed by atoms with Crippen molar-refractivity contribution in [3.8, 4) is 0 Å². The van der Waals surface area contributed by atoms with Crippen LogP contribution in [0, 0.1) is 23.7 Å². The van der Waals surface area contributed by atoms with E-state index in [2.05, 4.69) is 26.0 Å². The summed E-state index contributed by atoms with van der Waals surface area (Å²) in [6, 6.07) is 0. The molecule has 0 aromatic heterocycles. The summed E-state index contributed by atoms with van der Waals surface area (Å²) in [5.74, 6) is 3.95. The maximum Gasteiger partial charge on any atom is -0.0205 e. The number of unbranched alkanes of at least 4 members (excludes halogenated alkanes) is 1. The molecule has 2 unspecified atom stereocenters. The second-order valence-electron chi connectivity index (χ2n) is 7.14. The molecule has 18 heavy (non-hydrogen) atoms. The van der Waals surface area contributed by atoms with Crippen LogP contribution in [-0.4, -0.2) is 0 Å². The van der Waals surface area contributed by atoms with E-state index >= 15 is 0 Å². The summed E-state index contributed by atoms with van der Waals surface area (Å²) in [4.78, 5) is 0. The monoisotopic (exact) mass is 248 g/mol. The van der Waals surface area contributed by atoms with Gasteiger partial charge in [0.15, 0.2) is 0 Å². The Bertz CT molecular complexity index is 247. The average molecular weight is 248 g/mol. The van der Waals surface area contributed by atoms with E-state index in [0.717, 1.165) is 23.7 Å². The molecular formula is C18H32. The molecule has 2 aliphatic carbocycles. The summed E-state index contributed by atoms with van der Waals surface area (Å²) in [6.45, 7) is 4.66. The zero-order chi connectivity index (χ0) is 12.8. The first-order valence-corrected chi connectivity index (χ1v) is 8.42. The molecule has 0 amide bonds. The maximum absolute atomic E-state index is 2.59. The van der Waals surface area contributed by atoms with Crippen LogP contribution >= 0.6 is 0 Å². The average Bonchev–Trinajstić information content (AvgIpc) is 3.14. The standard InChI is InChI=1S/C18H32/c1-15(2)8-4-3-5-9-17-10-6-7-11-18(17)14-16-12-13-16/h5,9,15-18H,3-4,6-8,10-14H2,1-2H3/b9-5-. The molecule has 0 radical (unpaired) electrons. The molecule has 0 saturated heterocycles. The number of hydrogen-bond donors (Lipinski definition) is 0. The number of hydrogen-bond acceptors (Lipinski definition) is 0. The molecule has 0 heterocycles. The number of rotatable bonds is 7. The van der Waals surface area contributed by atoms with Crippen molar-refractivity contribution in [2.45, 2.75) is 78.1 Å². The van der Waals surface area contributed by atoms with Crippen LogP contribution in [0.15, 0.2) is 12.2 Å². The molecule has 2 atom stereocenters. The first kappa shape index (κ1) is 14.2. The molecule has 104 valence electrons. The van der Waals surface area contributed by atoms with Crippen molar-refractivity contribution in [1.29, 1.82) is 0 Å². The summed E-state index contributed by atoms with van der Waals surface area (Å²) >= 11 is 0. The van der Waals surface area contributed by atoms with Gasteiger partial charge in [-0.1, -0.05) is 58.1 Å². The fourth-order valence-electron chi connectivity index (χ4n) is 3.48. The smallest absolute Gasteiger partial charge is 0.0205 e. The lowest BCUT2D eigenvalue weighted by molar-refractivity contribution is 0.258. The van der Waals surface area contributed by atoms with Gasteiger partial charge >= 0.3 is 0 Å². The predicted octanol–water partition coefficient (Wildman–Crippen LogP) is 5.98. The highest BCUT2D eigenvalue weighted by Crippen LogP contribution is 2.42. The topological polar surface area (TPSA) is 0 Å². The first-order chi connectivity index (χ1) is 8.75. The Labute approximate surface area is 114 Å². The van der Waals surface area contributed by atoms with Gasteiger partial charge < -0.3 is 0 Å². The van der Waals surface area contributed by atoms with Gasteiger partial charge in [-0.15, -0.1) is 0 Å². The Morgan fingerprint density at radius 1 is 1.06 bits per heavy atom. The second-order valence-corrected chi connectivity index (χ2v) is 7.14. The Hall–Kier alpha value is -0.260. The van der Waals surface area contributed by atoms with E-state index in [1.165, 1.54) is 57.8 Å². The van der Waals surface area contributed by atoms with Gasteiger partial charge in [0.25, 0.3) is 0 Å². The summed E-state index contributed by atoms with van der Waals surface area (Å²) in [5, 5.41) is 0. The minimum Gasteiger partial charge on any atom is -0.0882 e. The second kappa shape index (κ2) is 7.36. The molecule has 2 fully saturated rings. The third-order valence-corrected chi connectivity index (χ3v) is 4.84. The van der Waals surface area contributed by atoms with E-state index in [0.29, 0.717) is 0 Å². The van der Waals surface area contributed by atoms with E-state index in [1.807, 2.05) is 0 Å². The minimum atomic E-state index is 0.871. The maximum atomic E-state index is 2.59. The van der Waals surface area contributed by atoms with E-state index in [-0.39, 0.29) is 0 Å². The highest BCUT2D eigenvalue weighted by atomic mass is 14.4. The van der Waals surface area contributed by atoms with Crippen LogP contribution in [0.2, 0.25) is 0 Å². The minimum absolute atomic E-state index is 0.871. The molecule has 2 aliphatic rings. The SMILES string of the molecule is CC(C)CCC/C=C\C1CCCCC1CC1CC1. The van der Waals surface area contributed by atoms with E-state index in [9.17, 15) is 0 Å². The van der Waals surface area contributed by atoms with Crippen LogP contribution < -0.4 is 0 Å². The summed E-state index contributed by atoms with van der Waals surface area (Å²) in [5.41, 5.74) is 0. The lowest BCUT2D eigenvalue weighted by Crippen LogP contribution is -2.18. The van der Waals surface area contributed by atoms with Crippen molar-refractivity contribution in [2.75, 3.05) is 0 Å². The quantitative estimate of drug-likeness (QED) is 0.384. The van der Waals surface area contributed by atoms with Crippen molar-refractivity contribution in [3.63, 3.8) is 0 Å². The van der Waals surface area contributed by atoms with Crippen LogP contribution in [0.5, 0.6) is 0 Å². The van der Waals surface area contributed by atoms with Crippen molar-refractivity contribution in [3.05, 3.63) is 12.2 Å². The predicted molar refractivity (Wildman–Crippen MR) is 80.6 cm³/mol. The summed E-state index contributed by atoms with van der Waals surface area (Å²) in [6.07, 6.45) is 19.7. The normalized spacial score (nSPS) is 29.3. The highest BCUT2D eigenvalue weighted by Gasteiger charge is 2.30. The zero-order valence-electron chi connectivity index (χ0n) is 12.5. The molecule has 0 spiro atoms. The molecular weight excluding hydrogens is 216 g/mol. The Kier molecular flexibility index (Phi) is 5.79. The van der Waals surface area contributed by atoms with Gasteiger partial charge in [0, 0.05) is 0 Å². The van der Waals surface area contributed by atoms with Gasteiger partial charge in [-0.3, -0.25) is 0 Å². The van der Waals surface area contributed by atoms with Crippen molar-refractivity contribution < 1.29 is 0 Å². The largest absolute Gasteiger partial charge is 0.0882 e. The first-order valence-electron chi connectivity index (χ1n) is 8.42. The summed E-state index contributed by atoms with van der Waals surface area (Å²) < 4.78 is 0. The Balaban J connectivity index is 1.68.